The maximum atomic E-state index is 12.6. The Morgan fingerprint density at radius 3 is 1.20 bits per heavy atom. The molecule has 0 spiro atoms. The molecule has 0 aliphatic rings. The van der Waals surface area contributed by atoms with E-state index < -0.39 is 34.0 Å². The fourth-order valence-corrected chi connectivity index (χ4v) is 6.82. The normalized spacial score (nSPS) is 10.9. The van der Waals surface area contributed by atoms with E-state index in [1.54, 1.807) is 27.7 Å². The Balaban J connectivity index is 1.18. The number of esters is 2. The summed E-state index contributed by atoms with van der Waals surface area (Å²) < 4.78 is 22.7. The minimum atomic E-state index is -0.969. The van der Waals surface area contributed by atoms with Crippen molar-refractivity contribution in [3.8, 4) is 35.2 Å². The van der Waals surface area contributed by atoms with Crippen LogP contribution in [0.15, 0.2) is 154 Å². The van der Waals surface area contributed by atoms with Crippen molar-refractivity contribution in [1.82, 2.24) is 0 Å². The fourth-order valence-electron chi connectivity index (χ4n) is 4.76. The lowest BCUT2D eigenvalue weighted by atomic mass is 10.1. The van der Waals surface area contributed by atoms with Gasteiger partial charge in [0.15, 0.2) is 39.1 Å². The zero-order chi connectivity index (χ0) is 36.1. The van der Waals surface area contributed by atoms with Gasteiger partial charge in [-0.25, -0.2) is 9.59 Å². The Morgan fingerprint density at radius 1 is 0.490 bits per heavy atom. The summed E-state index contributed by atoms with van der Waals surface area (Å²) in [6.07, 6.45) is 0. The molecule has 5 aromatic rings. The SMILES string of the molecule is CC(C)(C#Cc1ccccc1)OC(=O)COc1ccc([S+](c2ccccc2)c2ccc(OCC(=O)OC(C)(C)C#Cc3ccccc3)cc2)cc1. The van der Waals surface area contributed by atoms with Crippen LogP contribution in [0.4, 0.5) is 0 Å². The highest BCUT2D eigenvalue weighted by molar-refractivity contribution is 7.97. The van der Waals surface area contributed by atoms with Crippen molar-refractivity contribution in [3.63, 3.8) is 0 Å². The molecule has 0 radical (unpaired) electrons. The summed E-state index contributed by atoms with van der Waals surface area (Å²) >= 11 is 0. The van der Waals surface area contributed by atoms with Gasteiger partial charge in [-0.15, -0.1) is 0 Å². The highest BCUT2D eigenvalue weighted by atomic mass is 32.2. The molecule has 0 saturated carbocycles. The summed E-state index contributed by atoms with van der Waals surface area (Å²) in [6, 6.07) is 44.6. The van der Waals surface area contributed by atoms with Gasteiger partial charge in [-0.1, -0.05) is 78.3 Å². The first-order valence-electron chi connectivity index (χ1n) is 16.4. The second kappa shape index (κ2) is 17.2. The van der Waals surface area contributed by atoms with E-state index in [1.165, 1.54) is 0 Å². The molecule has 0 aliphatic carbocycles. The third-order valence-corrected chi connectivity index (χ3v) is 9.34. The van der Waals surface area contributed by atoms with E-state index in [9.17, 15) is 9.59 Å². The Hall–Kier alpha value is -5.89. The molecule has 0 N–H and O–H groups in total. The van der Waals surface area contributed by atoms with Gasteiger partial charge in [0.05, 0.1) is 10.9 Å². The number of hydrogen-bond acceptors (Lipinski definition) is 6. The smallest absolute Gasteiger partial charge is 0.345 e. The number of rotatable bonds is 11. The second-order valence-corrected chi connectivity index (χ2v) is 14.4. The molecule has 0 atom stereocenters. The van der Waals surface area contributed by atoms with Crippen LogP contribution >= 0.6 is 0 Å². The van der Waals surface area contributed by atoms with Gasteiger partial charge in [-0.3, -0.25) is 0 Å². The molecule has 0 unspecified atom stereocenters. The van der Waals surface area contributed by atoms with Crippen LogP contribution in [0.25, 0.3) is 0 Å². The topological polar surface area (TPSA) is 71.1 Å². The van der Waals surface area contributed by atoms with Crippen LogP contribution in [0.2, 0.25) is 0 Å². The van der Waals surface area contributed by atoms with Crippen LogP contribution in [0.5, 0.6) is 11.5 Å². The summed E-state index contributed by atoms with van der Waals surface area (Å²) in [7, 11) is -0.445. The lowest BCUT2D eigenvalue weighted by Gasteiger charge is -2.19. The van der Waals surface area contributed by atoms with Gasteiger partial charge in [-0.2, -0.15) is 0 Å². The molecule has 0 amide bonds. The Bertz CT molecular complexity index is 1890. The largest absolute Gasteiger partial charge is 0.482 e. The highest BCUT2D eigenvalue weighted by Gasteiger charge is 2.29. The van der Waals surface area contributed by atoms with Gasteiger partial charge in [0.1, 0.15) is 11.5 Å². The Morgan fingerprint density at radius 2 is 0.824 bits per heavy atom. The first kappa shape index (κ1) is 36.4. The molecule has 7 heteroatoms. The van der Waals surface area contributed by atoms with Crippen LogP contribution < -0.4 is 9.47 Å². The number of ether oxygens (including phenoxy) is 4. The predicted molar refractivity (Wildman–Crippen MR) is 199 cm³/mol. The van der Waals surface area contributed by atoms with Crippen LogP contribution in [0.3, 0.4) is 0 Å². The van der Waals surface area contributed by atoms with E-state index in [2.05, 4.69) is 35.8 Å². The standard InChI is InChI=1S/C44H39O6S/c1-43(2,30-28-34-14-8-5-9-15-34)49-41(45)32-47-36-20-24-39(25-21-36)51(38-18-12-7-13-19-38)40-26-22-37(23-27-40)48-33-42(46)50-44(3,4)31-29-35-16-10-6-11-17-35/h5-27H,32-33H2,1-4H3/q+1. The van der Waals surface area contributed by atoms with Crippen molar-refractivity contribution >= 4 is 22.8 Å². The van der Waals surface area contributed by atoms with Gasteiger partial charge in [0.2, 0.25) is 0 Å². The number of carbonyl (C=O) groups excluding carboxylic acids is 2. The first-order chi connectivity index (χ1) is 24.6. The molecule has 0 heterocycles. The summed E-state index contributed by atoms with van der Waals surface area (Å²) in [5.41, 5.74) is -0.245. The summed E-state index contributed by atoms with van der Waals surface area (Å²) in [4.78, 5) is 28.4. The molecule has 256 valence electrons. The minimum Gasteiger partial charge on any atom is -0.482 e. The van der Waals surface area contributed by atoms with E-state index in [4.69, 9.17) is 18.9 Å². The van der Waals surface area contributed by atoms with E-state index >= 15 is 0 Å². The van der Waals surface area contributed by atoms with E-state index in [1.807, 2.05) is 127 Å². The van der Waals surface area contributed by atoms with Gasteiger partial charge in [-0.05, 0) is 113 Å². The predicted octanol–water partition coefficient (Wildman–Crippen LogP) is 8.29. The molecule has 51 heavy (non-hydrogen) atoms. The summed E-state index contributed by atoms with van der Waals surface area (Å²) in [5.74, 6) is 12.2. The molecule has 0 fully saturated rings. The van der Waals surface area contributed by atoms with Crippen LogP contribution in [-0.2, 0) is 30.0 Å². The quantitative estimate of drug-likeness (QED) is 0.0787. The molecule has 6 nitrogen and oxygen atoms in total. The third kappa shape index (κ3) is 11.6. The van der Waals surface area contributed by atoms with E-state index in [0.717, 1.165) is 25.8 Å². The van der Waals surface area contributed by atoms with Gasteiger partial charge in [0.25, 0.3) is 0 Å². The molecule has 5 aromatic carbocycles. The van der Waals surface area contributed by atoms with Gasteiger partial charge >= 0.3 is 11.9 Å². The number of carbonyl (C=O) groups is 2. The van der Waals surface area contributed by atoms with Crippen molar-refractivity contribution in [2.24, 2.45) is 0 Å². The molecule has 5 rings (SSSR count). The first-order valence-corrected chi connectivity index (χ1v) is 17.6. The number of benzene rings is 5. The Labute approximate surface area is 303 Å². The van der Waals surface area contributed by atoms with Gasteiger partial charge < -0.3 is 18.9 Å². The molecule has 0 bridgehead atoms. The molecule has 0 saturated heterocycles. The van der Waals surface area contributed by atoms with E-state index in [-0.39, 0.29) is 13.2 Å². The van der Waals surface area contributed by atoms with Crippen LogP contribution in [0, 0.1) is 23.7 Å². The van der Waals surface area contributed by atoms with Crippen LogP contribution in [-0.4, -0.2) is 36.4 Å². The average Bonchev–Trinajstić information content (AvgIpc) is 3.14. The number of hydrogen-bond donors (Lipinski definition) is 0. The fraction of sp³-hybridized carbons (Fsp3) is 0.182. The highest BCUT2D eigenvalue weighted by Crippen LogP contribution is 2.33. The minimum absolute atomic E-state index is 0.242. The molecular formula is C44H39O6S+. The zero-order valence-electron chi connectivity index (χ0n) is 29.1. The Kier molecular flexibility index (Phi) is 12.2. The lowest BCUT2D eigenvalue weighted by Crippen LogP contribution is -2.29. The maximum absolute atomic E-state index is 12.6. The third-order valence-electron chi connectivity index (χ3n) is 7.11. The van der Waals surface area contributed by atoms with Crippen molar-refractivity contribution < 1.29 is 28.5 Å². The lowest BCUT2D eigenvalue weighted by molar-refractivity contribution is -0.155. The summed E-state index contributed by atoms with van der Waals surface area (Å²) in [6.45, 7) is 6.51. The molecular weight excluding hydrogens is 657 g/mol. The van der Waals surface area contributed by atoms with Crippen molar-refractivity contribution in [2.75, 3.05) is 13.2 Å². The molecule has 0 aromatic heterocycles. The van der Waals surface area contributed by atoms with E-state index in [0.29, 0.717) is 11.5 Å². The van der Waals surface area contributed by atoms with Crippen molar-refractivity contribution in [1.29, 1.82) is 0 Å². The average molecular weight is 696 g/mol. The summed E-state index contributed by atoms with van der Waals surface area (Å²) in [5, 5.41) is 0. The molecule has 0 aliphatic heterocycles. The van der Waals surface area contributed by atoms with Crippen LogP contribution in [0.1, 0.15) is 38.8 Å². The monoisotopic (exact) mass is 695 g/mol. The zero-order valence-corrected chi connectivity index (χ0v) is 29.9. The van der Waals surface area contributed by atoms with Gasteiger partial charge in [0, 0.05) is 11.1 Å². The maximum Gasteiger partial charge on any atom is 0.345 e. The second-order valence-electron chi connectivity index (χ2n) is 12.3. The van der Waals surface area contributed by atoms with Crippen molar-refractivity contribution in [2.45, 2.75) is 53.6 Å². The van der Waals surface area contributed by atoms with Crippen molar-refractivity contribution in [3.05, 3.63) is 151 Å².